The summed E-state index contributed by atoms with van der Waals surface area (Å²) < 4.78 is 28.3. The first-order chi connectivity index (χ1) is 12.4. The Bertz CT molecular complexity index is 916. The van der Waals surface area contributed by atoms with E-state index >= 15 is 0 Å². The lowest BCUT2D eigenvalue weighted by atomic mass is 10.1. The van der Waals surface area contributed by atoms with Gasteiger partial charge < -0.3 is 5.32 Å². The fourth-order valence-electron chi connectivity index (χ4n) is 3.30. The number of carbonyl (C=O) groups excluding carboxylic acids is 1. The first-order valence-corrected chi connectivity index (χ1v) is 10.3. The Morgan fingerprint density at radius 3 is 2.46 bits per heavy atom. The third-order valence-corrected chi connectivity index (χ3v) is 6.25. The SMILES string of the molecule is Cc1ccc(C)c(S(=O)(=O)Nc2ccccc2C(=O)NC2CCCC2)c1. The van der Waals surface area contributed by atoms with Crippen LogP contribution in [0.15, 0.2) is 47.4 Å². The van der Waals surface area contributed by atoms with Crippen LogP contribution < -0.4 is 10.0 Å². The van der Waals surface area contributed by atoms with Gasteiger partial charge >= 0.3 is 0 Å². The van der Waals surface area contributed by atoms with Crippen LogP contribution in [0, 0.1) is 13.8 Å². The Labute approximate surface area is 154 Å². The van der Waals surface area contributed by atoms with Gasteiger partial charge in [0.15, 0.2) is 0 Å². The number of sulfonamides is 1. The van der Waals surface area contributed by atoms with Crippen LogP contribution in [0.25, 0.3) is 0 Å². The van der Waals surface area contributed by atoms with Crippen molar-refractivity contribution in [2.24, 2.45) is 0 Å². The maximum Gasteiger partial charge on any atom is 0.262 e. The molecule has 0 aromatic heterocycles. The van der Waals surface area contributed by atoms with Gasteiger partial charge in [-0.25, -0.2) is 8.42 Å². The molecule has 138 valence electrons. The number of hydrogen-bond donors (Lipinski definition) is 2. The smallest absolute Gasteiger partial charge is 0.262 e. The van der Waals surface area contributed by atoms with Crippen molar-refractivity contribution in [2.75, 3.05) is 4.72 Å². The summed E-state index contributed by atoms with van der Waals surface area (Å²) in [7, 11) is -3.78. The number of rotatable bonds is 5. The van der Waals surface area contributed by atoms with E-state index in [0.717, 1.165) is 31.2 Å². The quantitative estimate of drug-likeness (QED) is 0.839. The molecule has 1 aliphatic carbocycles. The zero-order valence-electron chi connectivity index (χ0n) is 15.1. The molecule has 2 N–H and O–H groups in total. The van der Waals surface area contributed by atoms with Crippen LogP contribution in [-0.2, 0) is 10.0 Å². The monoisotopic (exact) mass is 372 g/mol. The van der Waals surface area contributed by atoms with E-state index in [-0.39, 0.29) is 16.8 Å². The van der Waals surface area contributed by atoms with Gasteiger partial charge in [-0.1, -0.05) is 37.1 Å². The summed E-state index contributed by atoms with van der Waals surface area (Å²) in [6, 6.07) is 12.2. The van der Waals surface area contributed by atoms with Crippen molar-refractivity contribution in [1.29, 1.82) is 0 Å². The zero-order valence-corrected chi connectivity index (χ0v) is 15.9. The second kappa shape index (κ2) is 7.50. The predicted molar refractivity (Wildman–Crippen MR) is 103 cm³/mol. The number of aryl methyl sites for hydroxylation is 2. The van der Waals surface area contributed by atoms with Crippen molar-refractivity contribution < 1.29 is 13.2 Å². The molecule has 1 aliphatic rings. The number of anilines is 1. The van der Waals surface area contributed by atoms with Gasteiger partial charge in [0.05, 0.1) is 16.1 Å². The highest BCUT2D eigenvalue weighted by molar-refractivity contribution is 7.92. The Balaban J connectivity index is 1.87. The first-order valence-electron chi connectivity index (χ1n) is 8.87. The minimum absolute atomic E-state index is 0.172. The van der Waals surface area contributed by atoms with E-state index in [2.05, 4.69) is 10.0 Å². The van der Waals surface area contributed by atoms with Crippen LogP contribution >= 0.6 is 0 Å². The number of benzene rings is 2. The standard InChI is InChI=1S/C20H24N2O3S/c1-14-11-12-15(2)19(13-14)26(24,25)22-18-10-6-5-9-17(18)20(23)21-16-7-3-4-8-16/h5-6,9-13,16,22H,3-4,7-8H2,1-2H3,(H,21,23). The topological polar surface area (TPSA) is 75.3 Å². The first kappa shape index (κ1) is 18.5. The van der Waals surface area contributed by atoms with E-state index in [0.29, 0.717) is 16.8 Å². The van der Waals surface area contributed by atoms with Crippen molar-refractivity contribution in [3.63, 3.8) is 0 Å². The molecule has 2 aromatic carbocycles. The van der Waals surface area contributed by atoms with Crippen LogP contribution in [0.4, 0.5) is 5.69 Å². The molecule has 26 heavy (non-hydrogen) atoms. The number of para-hydroxylation sites is 1. The Morgan fingerprint density at radius 1 is 1.04 bits per heavy atom. The molecule has 1 saturated carbocycles. The summed E-state index contributed by atoms with van der Waals surface area (Å²) in [6.45, 7) is 3.61. The Hall–Kier alpha value is -2.34. The summed E-state index contributed by atoms with van der Waals surface area (Å²) >= 11 is 0. The summed E-state index contributed by atoms with van der Waals surface area (Å²) in [5, 5.41) is 3.01. The third-order valence-electron chi connectivity index (χ3n) is 4.74. The molecule has 1 fully saturated rings. The normalized spacial score (nSPS) is 15.0. The molecule has 0 bridgehead atoms. The van der Waals surface area contributed by atoms with Crippen molar-refractivity contribution in [3.8, 4) is 0 Å². The van der Waals surface area contributed by atoms with Gasteiger partial charge in [0.2, 0.25) is 0 Å². The second-order valence-corrected chi connectivity index (χ2v) is 8.53. The van der Waals surface area contributed by atoms with Gasteiger partial charge in [0.1, 0.15) is 0 Å². The second-order valence-electron chi connectivity index (χ2n) is 6.87. The van der Waals surface area contributed by atoms with E-state index < -0.39 is 10.0 Å². The van der Waals surface area contributed by atoms with Gasteiger partial charge in [-0.05, 0) is 56.0 Å². The molecule has 0 saturated heterocycles. The maximum atomic E-state index is 12.9. The number of amides is 1. The molecule has 0 radical (unpaired) electrons. The number of carbonyl (C=O) groups is 1. The number of nitrogens with one attached hydrogen (secondary N) is 2. The lowest BCUT2D eigenvalue weighted by Gasteiger charge is -2.16. The highest BCUT2D eigenvalue weighted by Gasteiger charge is 2.23. The molecule has 1 amide bonds. The summed E-state index contributed by atoms with van der Waals surface area (Å²) in [5.74, 6) is -0.240. The minimum Gasteiger partial charge on any atom is -0.349 e. The van der Waals surface area contributed by atoms with E-state index in [1.54, 1.807) is 43.3 Å². The van der Waals surface area contributed by atoms with Crippen LogP contribution in [0.5, 0.6) is 0 Å². The van der Waals surface area contributed by atoms with E-state index in [1.165, 1.54) is 0 Å². The average Bonchev–Trinajstić information content (AvgIpc) is 3.10. The number of hydrogen-bond acceptors (Lipinski definition) is 3. The summed E-state index contributed by atoms with van der Waals surface area (Å²) in [5.41, 5.74) is 2.16. The van der Waals surface area contributed by atoms with Gasteiger partial charge in [-0.3, -0.25) is 9.52 Å². The van der Waals surface area contributed by atoms with Gasteiger partial charge in [-0.2, -0.15) is 0 Å². The van der Waals surface area contributed by atoms with Crippen molar-refractivity contribution >= 4 is 21.6 Å². The van der Waals surface area contributed by atoms with Gasteiger partial charge in [-0.15, -0.1) is 0 Å². The molecular formula is C20H24N2O3S. The highest BCUT2D eigenvalue weighted by Crippen LogP contribution is 2.24. The van der Waals surface area contributed by atoms with Crippen molar-refractivity contribution in [2.45, 2.75) is 50.5 Å². The van der Waals surface area contributed by atoms with Crippen LogP contribution in [0.3, 0.4) is 0 Å². The van der Waals surface area contributed by atoms with Crippen LogP contribution in [-0.4, -0.2) is 20.4 Å². The van der Waals surface area contributed by atoms with Crippen molar-refractivity contribution in [1.82, 2.24) is 5.32 Å². The molecule has 2 aromatic rings. The lowest BCUT2D eigenvalue weighted by Crippen LogP contribution is -2.33. The largest absolute Gasteiger partial charge is 0.349 e. The van der Waals surface area contributed by atoms with Crippen molar-refractivity contribution in [3.05, 3.63) is 59.2 Å². The zero-order chi connectivity index (χ0) is 18.7. The fourth-order valence-corrected chi connectivity index (χ4v) is 4.71. The Kier molecular flexibility index (Phi) is 5.32. The van der Waals surface area contributed by atoms with E-state index in [4.69, 9.17) is 0 Å². The highest BCUT2D eigenvalue weighted by atomic mass is 32.2. The maximum absolute atomic E-state index is 12.9. The van der Waals surface area contributed by atoms with Gasteiger partial charge in [0, 0.05) is 6.04 Å². The third kappa shape index (κ3) is 4.07. The Morgan fingerprint density at radius 2 is 1.73 bits per heavy atom. The fraction of sp³-hybridized carbons (Fsp3) is 0.350. The predicted octanol–water partition coefficient (Wildman–Crippen LogP) is 3.78. The average molecular weight is 372 g/mol. The molecule has 0 spiro atoms. The van der Waals surface area contributed by atoms with Gasteiger partial charge in [0.25, 0.3) is 15.9 Å². The van der Waals surface area contributed by atoms with Crippen LogP contribution in [0.2, 0.25) is 0 Å². The van der Waals surface area contributed by atoms with Crippen LogP contribution in [0.1, 0.15) is 47.2 Å². The molecule has 0 heterocycles. The molecule has 0 aliphatic heterocycles. The molecule has 6 heteroatoms. The molecule has 3 rings (SSSR count). The molecule has 5 nitrogen and oxygen atoms in total. The molecule has 0 unspecified atom stereocenters. The minimum atomic E-state index is -3.78. The lowest BCUT2D eigenvalue weighted by molar-refractivity contribution is 0.0939. The molecule has 0 atom stereocenters. The summed E-state index contributed by atoms with van der Waals surface area (Å²) in [4.78, 5) is 12.8. The summed E-state index contributed by atoms with van der Waals surface area (Å²) in [6.07, 6.45) is 4.18. The van der Waals surface area contributed by atoms with E-state index in [9.17, 15) is 13.2 Å². The molecular weight excluding hydrogens is 348 g/mol. The van der Waals surface area contributed by atoms with E-state index in [1.807, 2.05) is 13.0 Å².